The number of aromatic nitrogens is 1. The van der Waals surface area contributed by atoms with Crippen molar-refractivity contribution in [2.45, 2.75) is 51.0 Å². The van der Waals surface area contributed by atoms with E-state index in [-0.39, 0.29) is 11.9 Å². The van der Waals surface area contributed by atoms with Crippen molar-refractivity contribution in [1.82, 2.24) is 15.6 Å². The van der Waals surface area contributed by atoms with Crippen molar-refractivity contribution >= 4 is 18.0 Å². The fourth-order valence-electron chi connectivity index (χ4n) is 2.84. The van der Waals surface area contributed by atoms with Gasteiger partial charge in [0.15, 0.2) is 0 Å². The van der Waals surface area contributed by atoms with Gasteiger partial charge in [0, 0.05) is 25.2 Å². The van der Waals surface area contributed by atoms with Crippen molar-refractivity contribution in [1.29, 1.82) is 0 Å². The summed E-state index contributed by atoms with van der Waals surface area (Å²) >= 11 is 0. The predicted octanol–water partition coefficient (Wildman–Crippen LogP) is 1.45. The third-order valence-corrected chi connectivity index (χ3v) is 4.35. The minimum Gasteiger partial charge on any atom is -0.370 e. The van der Waals surface area contributed by atoms with Crippen LogP contribution in [-0.4, -0.2) is 43.4 Å². The standard InChI is InChI=1S/C18H28N4O2/c1-19-16(13-23)10-12-20-17(24)7-3-2-6-15-9-8-14-5-4-11-21-18(14)22-15/h8-9,13,16,19H,2-7,10-12H2,1H3,(H,20,24)(H,21,22). The summed E-state index contributed by atoms with van der Waals surface area (Å²) in [6.45, 7) is 1.53. The number of pyridine rings is 1. The van der Waals surface area contributed by atoms with Crippen LogP contribution in [0.3, 0.4) is 0 Å². The maximum Gasteiger partial charge on any atom is 0.219 e. The Morgan fingerprint density at radius 3 is 3.08 bits per heavy atom. The van der Waals surface area contributed by atoms with Crippen molar-refractivity contribution in [2.75, 3.05) is 25.5 Å². The summed E-state index contributed by atoms with van der Waals surface area (Å²) in [4.78, 5) is 27.1. The van der Waals surface area contributed by atoms with Crippen LogP contribution in [0.5, 0.6) is 0 Å². The molecule has 1 atom stereocenters. The van der Waals surface area contributed by atoms with Gasteiger partial charge in [-0.1, -0.05) is 6.07 Å². The maximum absolute atomic E-state index is 11.8. The fraction of sp³-hybridized carbons (Fsp3) is 0.611. The molecule has 1 aliphatic heterocycles. The lowest BCUT2D eigenvalue weighted by Crippen LogP contribution is -2.33. The molecule has 1 aromatic heterocycles. The monoisotopic (exact) mass is 332 g/mol. The lowest BCUT2D eigenvalue weighted by atomic mass is 10.1. The van der Waals surface area contributed by atoms with Crippen molar-refractivity contribution < 1.29 is 9.59 Å². The summed E-state index contributed by atoms with van der Waals surface area (Å²) in [7, 11) is 1.74. The van der Waals surface area contributed by atoms with Gasteiger partial charge in [0.2, 0.25) is 5.91 Å². The van der Waals surface area contributed by atoms with Crippen LogP contribution in [0.2, 0.25) is 0 Å². The molecule has 0 aromatic carbocycles. The quantitative estimate of drug-likeness (QED) is 0.446. The minimum atomic E-state index is -0.186. The summed E-state index contributed by atoms with van der Waals surface area (Å²) < 4.78 is 0. The smallest absolute Gasteiger partial charge is 0.219 e. The van der Waals surface area contributed by atoms with Crippen LogP contribution >= 0.6 is 0 Å². The van der Waals surface area contributed by atoms with E-state index >= 15 is 0 Å². The number of carbonyl (C=O) groups excluding carboxylic acids is 2. The molecule has 0 spiro atoms. The zero-order valence-corrected chi connectivity index (χ0v) is 14.4. The Bertz CT molecular complexity index is 548. The van der Waals surface area contributed by atoms with E-state index in [9.17, 15) is 9.59 Å². The molecule has 1 aliphatic rings. The molecule has 0 saturated heterocycles. The summed E-state index contributed by atoms with van der Waals surface area (Å²) in [6, 6.07) is 4.08. The Morgan fingerprint density at radius 2 is 2.29 bits per heavy atom. The van der Waals surface area contributed by atoms with Gasteiger partial charge >= 0.3 is 0 Å². The van der Waals surface area contributed by atoms with E-state index in [4.69, 9.17) is 0 Å². The lowest BCUT2D eigenvalue weighted by molar-refractivity contribution is -0.121. The molecule has 1 amide bonds. The molecule has 0 saturated carbocycles. The van der Waals surface area contributed by atoms with Crippen LogP contribution in [0.15, 0.2) is 12.1 Å². The molecule has 3 N–H and O–H groups in total. The van der Waals surface area contributed by atoms with Crippen LogP contribution in [-0.2, 0) is 22.4 Å². The average Bonchev–Trinajstić information content (AvgIpc) is 2.62. The summed E-state index contributed by atoms with van der Waals surface area (Å²) in [6.07, 6.45) is 6.99. The van der Waals surface area contributed by atoms with Crippen LogP contribution in [0, 0.1) is 0 Å². The number of nitrogens with one attached hydrogen (secondary N) is 3. The molecule has 0 radical (unpaired) electrons. The van der Waals surface area contributed by atoms with Gasteiger partial charge in [0.1, 0.15) is 12.1 Å². The first-order chi connectivity index (χ1) is 11.7. The van der Waals surface area contributed by atoms with Crippen LogP contribution in [0.4, 0.5) is 5.82 Å². The van der Waals surface area contributed by atoms with E-state index in [1.54, 1.807) is 7.05 Å². The molecule has 0 fully saturated rings. The second-order valence-corrected chi connectivity index (χ2v) is 6.22. The number of amides is 1. The number of hydrogen-bond acceptors (Lipinski definition) is 5. The van der Waals surface area contributed by atoms with E-state index in [1.807, 2.05) is 0 Å². The highest BCUT2D eigenvalue weighted by Crippen LogP contribution is 2.20. The number of aryl methyl sites for hydroxylation is 2. The average molecular weight is 332 g/mol. The minimum absolute atomic E-state index is 0.0517. The zero-order valence-electron chi connectivity index (χ0n) is 14.4. The topological polar surface area (TPSA) is 83.1 Å². The molecular formula is C18H28N4O2. The highest BCUT2D eigenvalue weighted by Gasteiger charge is 2.10. The number of likely N-dealkylation sites (N-methyl/N-ethyl adjacent to an activating group) is 1. The number of aldehydes is 1. The van der Waals surface area contributed by atoms with E-state index in [1.165, 1.54) is 12.0 Å². The third-order valence-electron chi connectivity index (χ3n) is 4.35. The molecular weight excluding hydrogens is 304 g/mol. The second-order valence-electron chi connectivity index (χ2n) is 6.22. The number of hydrogen-bond donors (Lipinski definition) is 3. The van der Waals surface area contributed by atoms with Crippen LogP contribution in [0.1, 0.15) is 43.4 Å². The number of unbranched alkanes of at least 4 members (excludes halogenated alkanes) is 1. The molecule has 2 heterocycles. The number of fused-ring (bicyclic) bond motifs is 1. The van der Waals surface area contributed by atoms with Crippen molar-refractivity contribution in [2.24, 2.45) is 0 Å². The van der Waals surface area contributed by atoms with Gasteiger partial charge in [-0.2, -0.15) is 0 Å². The van der Waals surface area contributed by atoms with Gasteiger partial charge in [0.25, 0.3) is 0 Å². The Hall–Kier alpha value is -1.95. The number of nitrogens with zero attached hydrogens (tertiary/aromatic N) is 1. The number of carbonyl (C=O) groups is 2. The van der Waals surface area contributed by atoms with Crippen LogP contribution in [0.25, 0.3) is 0 Å². The summed E-state index contributed by atoms with van der Waals surface area (Å²) in [5.41, 5.74) is 2.39. The van der Waals surface area contributed by atoms with Gasteiger partial charge in [-0.25, -0.2) is 4.98 Å². The van der Waals surface area contributed by atoms with E-state index in [0.717, 1.165) is 50.0 Å². The molecule has 6 heteroatoms. The molecule has 1 unspecified atom stereocenters. The largest absolute Gasteiger partial charge is 0.370 e. The van der Waals surface area contributed by atoms with Gasteiger partial charge in [-0.3, -0.25) is 4.79 Å². The fourth-order valence-corrected chi connectivity index (χ4v) is 2.84. The lowest BCUT2D eigenvalue weighted by Gasteiger charge is -2.17. The first-order valence-electron chi connectivity index (χ1n) is 8.85. The van der Waals surface area contributed by atoms with E-state index in [2.05, 4.69) is 33.1 Å². The van der Waals surface area contributed by atoms with Gasteiger partial charge in [-0.15, -0.1) is 0 Å². The van der Waals surface area contributed by atoms with Gasteiger partial charge in [-0.05, 0) is 57.2 Å². The van der Waals surface area contributed by atoms with E-state index in [0.29, 0.717) is 19.4 Å². The number of anilines is 1. The maximum atomic E-state index is 11.8. The Labute approximate surface area is 143 Å². The molecule has 24 heavy (non-hydrogen) atoms. The predicted molar refractivity (Wildman–Crippen MR) is 95.1 cm³/mol. The molecule has 2 rings (SSSR count). The highest BCUT2D eigenvalue weighted by atomic mass is 16.1. The Balaban J connectivity index is 1.60. The molecule has 0 aliphatic carbocycles. The summed E-state index contributed by atoms with van der Waals surface area (Å²) in [5.74, 6) is 1.08. The second kappa shape index (κ2) is 10.0. The molecule has 1 aromatic rings. The Kier molecular flexibility index (Phi) is 7.68. The third kappa shape index (κ3) is 5.92. The van der Waals surface area contributed by atoms with Crippen molar-refractivity contribution in [3.63, 3.8) is 0 Å². The SMILES string of the molecule is CNC(C=O)CCNC(=O)CCCCc1ccc2c(n1)NCCC2. The molecule has 6 nitrogen and oxygen atoms in total. The first kappa shape index (κ1) is 18.4. The van der Waals surface area contributed by atoms with E-state index < -0.39 is 0 Å². The first-order valence-corrected chi connectivity index (χ1v) is 8.85. The molecule has 0 bridgehead atoms. The summed E-state index contributed by atoms with van der Waals surface area (Å²) in [5, 5.41) is 9.09. The van der Waals surface area contributed by atoms with Crippen molar-refractivity contribution in [3.8, 4) is 0 Å². The Morgan fingerprint density at radius 1 is 1.42 bits per heavy atom. The number of rotatable bonds is 10. The zero-order chi connectivity index (χ0) is 17.2. The molecule has 132 valence electrons. The normalized spacial score (nSPS) is 14.4. The van der Waals surface area contributed by atoms with Crippen LogP contribution < -0.4 is 16.0 Å². The highest BCUT2D eigenvalue weighted by molar-refractivity contribution is 5.75. The van der Waals surface area contributed by atoms with Crippen molar-refractivity contribution in [3.05, 3.63) is 23.4 Å². The van der Waals surface area contributed by atoms with Gasteiger partial charge < -0.3 is 20.7 Å². The van der Waals surface area contributed by atoms with Gasteiger partial charge in [0.05, 0.1) is 6.04 Å².